The Balaban J connectivity index is 2.75. The molecule has 0 aliphatic rings. The van der Waals surface area contributed by atoms with Crippen LogP contribution in [0, 0.1) is 11.3 Å². The van der Waals surface area contributed by atoms with Crippen LogP contribution < -0.4 is 0 Å². The molecule has 2 atom stereocenters. The van der Waals surface area contributed by atoms with Crippen molar-refractivity contribution in [2.75, 3.05) is 0 Å². The number of nitriles is 1. The number of carbonyl (C=O) groups is 1. The normalized spacial score (nSPS) is 13.6. The second-order valence-corrected chi connectivity index (χ2v) is 5.56. The van der Waals surface area contributed by atoms with Crippen molar-refractivity contribution in [2.24, 2.45) is 0 Å². The molecule has 0 heterocycles. The van der Waals surface area contributed by atoms with Gasteiger partial charge in [-0.1, -0.05) is 25.1 Å². The van der Waals surface area contributed by atoms with E-state index in [1.807, 2.05) is 6.07 Å². The molecule has 0 radical (unpaired) electrons. The van der Waals surface area contributed by atoms with Crippen LogP contribution in [0.25, 0.3) is 0 Å². The summed E-state index contributed by atoms with van der Waals surface area (Å²) in [6.45, 7) is 1.64. The third-order valence-corrected chi connectivity index (χ3v) is 4.01. The SMILES string of the molecule is CC(CC(=O)O)S(=O)Cc1ccccc1C#N. The van der Waals surface area contributed by atoms with Crippen LogP contribution >= 0.6 is 0 Å². The van der Waals surface area contributed by atoms with Crippen molar-refractivity contribution >= 4 is 16.8 Å². The monoisotopic (exact) mass is 251 g/mol. The topological polar surface area (TPSA) is 78.2 Å². The molecule has 17 heavy (non-hydrogen) atoms. The zero-order valence-electron chi connectivity index (χ0n) is 9.42. The Bertz CT molecular complexity index is 479. The molecular weight excluding hydrogens is 238 g/mol. The van der Waals surface area contributed by atoms with Gasteiger partial charge in [-0.15, -0.1) is 0 Å². The van der Waals surface area contributed by atoms with E-state index in [2.05, 4.69) is 0 Å². The average molecular weight is 251 g/mol. The number of benzene rings is 1. The highest BCUT2D eigenvalue weighted by molar-refractivity contribution is 7.84. The van der Waals surface area contributed by atoms with Crippen LogP contribution in [0.5, 0.6) is 0 Å². The van der Waals surface area contributed by atoms with Gasteiger partial charge >= 0.3 is 5.97 Å². The summed E-state index contributed by atoms with van der Waals surface area (Å²) in [5, 5.41) is 17.1. The molecule has 2 unspecified atom stereocenters. The van der Waals surface area contributed by atoms with E-state index in [4.69, 9.17) is 10.4 Å². The van der Waals surface area contributed by atoms with Gasteiger partial charge in [-0.3, -0.25) is 9.00 Å². The number of aliphatic carboxylic acids is 1. The highest BCUT2D eigenvalue weighted by Crippen LogP contribution is 2.13. The van der Waals surface area contributed by atoms with Gasteiger partial charge < -0.3 is 5.11 Å². The van der Waals surface area contributed by atoms with Crippen LogP contribution in [0.15, 0.2) is 24.3 Å². The Morgan fingerprint density at radius 1 is 1.53 bits per heavy atom. The fourth-order valence-electron chi connectivity index (χ4n) is 1.39. The van der Waals surface area contributed by atoms with E-state index in [0.717, 1.165) is 0 Å². The number of carboxylic acids is 1. The van der Waals surface area contributed by atoms with Crippen molar-refractivity contribution in [3.8, 4) is 6.07 Å². The molecule has 1 aromatic carbocycles. The maximum Gasteiger partial charge on any atom is 0.304 e. The third kappa shape index (κ3) is 4.00. The Labute approximate surface area is 102 Å². The fraction of sp³-hybridized carbons (Fsp3) is 0.333. The summed E-state index contributed by atoms with van der Waals surface area (Å²) in [5.41, 5.74) is 1.19. The van der Waals surface area contributed by atoms with E-state index >= 15 is 0 Å². The second kappa shape index (κ2) is 6.16. The van der Waals surface area contributed by atoms with Crippen molar-refractivity contribution in [3.05, 3.63) is 35.4 Å². The molecule has 5 heteroatoms. The average Bonchev–Trinajstić information content (AvgIpc) is 2.28. The molecule has 0 saturated carbocycles. The quantitative estimate of drug-likeness (QED) is 0.863. The minimum absolute atomic E-state index is 0.124. The first-order valence-electron chi connectivity index (χ1n) is 5.11. The Kier molecular flexibility index (Phi) is 4.85. The van der Waals surface area contributed by atoms with Crippen LogP contribution in [-0.2, 0) is 21.3 Å². The lowest BCUT2D eigenvalue weighted by molar-refractivity contribution is -0.136. The van der Waals surface area contributed by atoms with E-state index in [9.17, 15) is 9.00 Å². The summed E-state index contributed by atoms with van der Waals surface area (Å²) < 4.78 is 11.9. The van der Waals surface area contributed by atoms with Gasteiger partial charge in [-0.05, 0) is 11.6 Å². The molecular formula is C12H13NO3S. The van der Waals surface area contributed by atoms with E-state index in [0.29, 0.717) is 11.1 Å². The Hall–Kier alpha value is -1.67. The second-order valence-electron chi connectivity index (χ2n) is 3.70. The molecule has 1 N–H and O–H groups in total. The molecule has 0 bridgehead atoms. The molecule has 4 nitrogen and oxygen atoms in total. The summed E-state index contributed by atoms with van der Waals surface area (Å²) in [6, 6.07) is 8.95. The van der Waals surface area contributed by atoms with Crippen molar-refractivity contribution in [3.63, 3.8) is 0 Å². The lowest BCUT2D eigenvalue weighted by Gasteiger charge is -2.09. The number of carboxylic acid groups (broad SMARTS) is 1. The minimum Gasteiger partial charge on any atom is -0.481 e. The van der Waals surface area contributed by atoms with Gasteiger partial charge in [-0.2, -0.15) is 5.26 Å². The van der Waals surface area contributed by atoms with Gasteiger partial charge in [0.1, 0.15) is 0 Å². The van der Waals surface area contributed by atoms with Crippen LogP contribution in [0.2, 0.25) is 0 Å². The maximum atomic E-state index is 11.9. The number of nitrogens with zero attached hydrogens (tertiary/aromatic N) is 1. The van der Waals surface area contributed by atoms with Gasteiger partial charge in [0.15, 0.2) is 0 Å². The standard InChI is InChI=1S/C12H13NO3S/c1-9(6-12(14)15)17(16)8-11-5-3-2-4-10(11)7-13/h2-5,9H,6,8H2,1H3,(H,14,15). The first-order chi connectivity index (χ1) is 8.04. The highest BCUT2D eigenvalue weighted by Gasteiger charge is 2.16. The van der Waals surface area contributed by atoms with Crippen LogP contribution in [0.1, 0.15) is 24.5 Å². The van der Waals surface area contributed by atoms with Crippen LogP contribution in [0.3, 0.4) is 0 Å². The molecule has 0 fully saturated rings. The smallest absolute Gasteiger partial charge is 0.304 e. The maximum absolute atomic E-state index is 11.9. The van der Waals surface area contributed by atoms with Gasteiger partial charge in [0.25, 0.3) is 0 Å². The first-order valence-corrected chi connectivity index (χ1v) is 6.49. The van der Waals surface area contributed by atoms with Crippen molar-refractivity contribution < 1.29 is 14.1 Å². The summed E-state index contributed by atoms with van der Waals surface area (Å²) in [4.78, 5) is 10.5. The minimum atomic E-state index is -1.28. The summed E-state index contributed by atoms with van der Waals surface area (Å²) in [7, 11) is -1.28. The Morgan fingerprint density at radius 3 is 2.76 bits per heavy atom. The van der Waals surface area contributed by atoms with Gasteiger partial charge in [0.2, 0.25) is 0 Å². The van der Waals surface area contributed by atoms with E-state index in [-0.39, 0.29) is 12.2 Å². The number of hydrogen-bond acceptors (Lipinski definition) is 3. The van der Waals surface area contributed by atoms with Crippen LogP contribution in [-0.4, -0.2) is 20.5 Å². The molecule has 1 aromatic rings. The van der Waals surface area contributed by atoms with E-state index < -0.39 is 22.0 Å². The Morgan fingerprint density at radius 2 is 2.18 bits per heavy atom. The number of hydrogen-bond donors (Lipinski definition) is 1. The predicted octanol–water partition coefficient (Wildman–Crippen LogP) is 1.67. The fourth-order valence-corrected chi connectivity index (χ4v) is 2.56. The molecule has 1 rings (SSSR count). The van der Waals surface area contributed by atoms with Gasteiger partial charge in [0, 0.05) is 16.0 Å². The summed E-state index contributed by atoms with van der Waals surface area (Å²) in [5.74, 6) is -0.738. The van der Waals surface area contributed by atoms with E-state index in [1.165, 1.54) is 0 Å². The van der Waals surface area contributed by atoms with Crippen LogP contribution in [0.4, 0.5) is 0 Å². The van der Waals surface area contributed by atoms with Crippen molar-refractivity contribution in [1.82, 2.24) is 0 Å². The van der Waals surface area contributed by atoms with E-state index in [1.54, 1.807) is 31.2 Å². The summed E-state index contributed by atoms with van der Waals surface area (Å²) >= 11 is 0. The third-order valence-electron chi connectivity index (χ3n) is 2.35. The predicted molar refractivity (Wildman–Crippen MR) is 64.7 cm³/mol. The molecule has 90 valence electrons. The lowest BCUT2D eigenvalue weighted by Crippen LogP contribution is -2.17. The molecule has 0 amide bonds. The molecule has 0 aliphatic carbocycles. The summed E-state index contributed by atoms with van der Waals surface area (Å²) in [6.07, 6.45) is -0.124. The largest absolute Gasteiger partial charge is 0.481 e. The molecule has 0 saturated heterocycles. The van der Waals surface area contributed by atoms with Crippen molar-refractivity contribution in [2.45, 2.75) is 24.3 Å². The van der Waals surface area contributed by atoms with Crippen molar-refractivity contribution in [1.29, 1.82) is 5.26 Å². The molecule has 0 spiro atoms. The zero-order chi connectivity index (χ0) is 12.8. The molecule has 0 aliphatic heterocycles. The first kappa shape index (κ1) is 13.4. The van der Waals surface area contributed by atoms with Gasteiger partial charge in [0.05, 0.1) is 23.8 Å². The number of rotatable bonds is 5. The highest BCUT2D eigenvalue weighted by atomic mass is 32.2. The molecule has 0 aromatic heterocycles. The van der Waals surface area contributed by atoms with Gasteiger partial charge in [-0.25, -0.2) is 0 Å². The zero-order valence-corrected chi connectivity index (χ0v) is 10.2. The lowest BCUT2D eigenvalue weighted by atomic mass is 10.1.